The molecule has 1 N–H and O–H groups in total. The smallest absolute Gasteiger partial charge is 0.389 e. The second-order valence-electron chi connectivity index (χ2n) is 8.21. The third-order valence-corrected chi connectivity index (χ3v) is 5.42. The standard InChI is InChI=1S/C26H24F5NO2/c1-17-5-2-3-6-22(17)24-13-18(7-8-23(24)25(33)34)15-32(10-4-9-26(29,30)31)16-19-11-20(27)14-21(28)12-19/h2-3,5-8,11-14H,4,9-10,15-16H2,1H3,(H,33,34). The van der Waals surface area contributed by atoms with Gasteiger partial charge in [-0.05, 0) is 72.0 Å². The van der Waals surface area contributed by atoms with E-state index in [-0.39, 0.29) is 31.6 Å². The Balaban J connectivity index is 1.91. The molecule has 0 spiro atoms. The van der Waals surface area contributed by atoms with Gasteiger partial charge in [-0.2, -0.15) is 13.2 Å². The van der Waals surface area contributed by atoms with Crippen molar-refractivity contribution in [2.45, 2.75) is 39.0 Å². The molecule has 0 amide bonds. The Morgan fingerprint density at radius 3 is 2.15 bits per heavy atom. The Labute approximate surface area is 194 Å². The maximum absolute atomic E-state index is 13.6. The predicted molar refractivity (Wildman–Crippen MR) is 119 cm³/mol. The highest BCUT2D eigenvalue weighted by Gasteiger charge is 2.26. The van der Waals surface area contributed by atoms with Crippen LogP contribution < -0.4 is 0 Å². The van der Waals surface area contributed by atoms with Crippen molar-refractivity contribution in [2.75, 3.05) is 6.54 Å². The predicted octanol–water partition coefficient (Wildman–Crippen LogP) is 6.98. The van der Waals surface area contributed by atoms with E-state index in [1.54, 1.807) is 29.2 Å². The van der Waals surface area contributed by atoms with Gasteiger partial charge in [-0.3, -0.25) is 4.90 Å². The van der Waals surface area contributed by atoms with Crippen LogP contribution >= 0.6 is 0 Å². The molecule has 3 rings (SSSR count). The Bertz CT molecular complexity index is 1140. The van der Waals surface area contributed by atoms with E-state index in [4.69, 9.17) is 0 Å². The van der Waals surface area contributed by atoms with Crippen LogP contribution in [-0.2, 0) is 13.1 Å². The fourth-order valence-corrected chi connectivity index (χ4v) is 3.91. The molecule has 0 aromatic heterocycles. The number of carboxylic acids is 1. The van der Waals surface area contributed by atoms with Crippen LogP contribution in [0.25, 0.3) is 11.1 Å². The number of hydrogen-bond donors (Lipinski definition) is 1. The molecule has 0 fully saturated rings. The van der Waals surface area contributed by atoms with Crippen LogP contribution in [0.5, 0.6) is 0 Å². The van der Waals surface area contributed by atoms with Crippen molar-refractivity contribution in [1.82, 2.24) is 4.90 Å². The van der Waals surface area contributed by atoms with Crippen molar-refractivity contribution in [3.8, 4) is 11.1 Å². The van der Waals surface area contributed by atoms with Gasteiger partial charge in [0.25, 0.3) is 0 Å². The summed E-state index contributed by atoms with van der Waals surface area (Å²) in [6.07, 6.45) is -5.47. The Morgan fingerprint density at radius 2 is 1.53 bits per heavy atom. The van der Waals surface area contributed by atoms with E-state index in [1.807, 2.05) is 19.1 Å². The van der Waals surface area contributed by atoms with E-state index in [2.05, 4.69) is 0 Å². The second-order valence-corrected chi connectivity index (χ2v) is 8.21. The van der Waals surface area contributed by atoms with Crippen LogP contribution in [0, 0.1) is 18.6 Å². The molecule has 0 saturated heterocycles. The molecule has 0 saturated carbocycles. The summed E-state index contributed by atoms with van der Waals surface area (Å²) < 4.78 is 65.4. The van der Waals surface area contributed by atoms with Crippen LogP contribution in [-0.4, -0.2) is 28.7 Å². The molecular formula is C26H24F5NO2. The van der Waals surface area contributed by atoms with Crippen molar-refractivity contribution < 1.29 is 31.9 Å². The summed E-state index contributed by atoms with van der Waals surface area (Å²) >= 11 is 0. The first kappa shape index (κ1) is 25.4. The maximum atomic E-state index is 13.6. The Morgan fingerprint density at radius 1 is 0.882 bits per heavy atom. The van der Waals surface area contributed by atoms with Crippen molar-refractivity contribution in [3.63, 3.8) is 0 Å². The first-order valence-corrected chi connectivity index (χ1v) is 10.7. The van der Waals surface area contributed by atoms with E-state index < -0.39 is 30.2 Å². The van der Waals surface area contributed by atoms with Crippen LogP contribution in [0.2, 0.25) is 0 Å². The zero-order valence-electron chi connectivity index (χ0n) is 18.5. The fraction of sp³-hybridized carbons (Fsp3) is 0.269. The monoisotopic (exact) mass is 477 g/mol. The zero-order chi connectivity index (χ0) is 24.9. The van der Waals surface area contributed by atoms with E-state index >= 15 is 0 Å². The molecule has 0 aliphatic heterocycles. The number of carboxylic acid groups (broad SMARTS) is 1. The number of nitrogens with zero attached hydrogens (tertiary/aromatic N) is 1. The minimum Gasteiger partial charge on any atom is -0.478 e. The SMILES string of the molecule is Cc1ccccc1-c1cc(CN(CCCC(F)(F)F)Cc2cc(F)cc(F)c2)ccc1C(=O)O. The quantitative estimate of drug-likeness (QED) is 0.338. The van der Waals surface area contributed by atoms with Crippen molar-refractivity contribution in [3.05, 3.63) is 94.6 Å². The van der Waals surface area contributed by atoms with Gasteiger partial charge in [0, 0.05) is 25.6 Å². The summed E-state index contributed by atoms with van der Waals surface area (Å²) in [5.74, 6) is -2.63. The van der Waals surface area contributed by atoms with Crippen molar-refractivity contribution in [2.24, 2.45) is 0 Å². The van der Waals surface area contributed by atoms with Crippen LogP contribution in [0.15, 0.2) is 60.7 Å². The zero-order valence-corrected chi connectivity index (χ0v) is 18.5. The lowest BCUT2D eigenvalue weighted by molar-refractivity contribution is -0.136. The molecule has 3 aromatic rings. The van der Waals surface area contributed by atoms with Gasteiger partial charge < -0.3 is 5.11 Å². The first-order valence-electron chi connectivity index (χ1n) is 10.7. The first-order chi connectivity index (χ1) is 16.0. The van der Waals surface area contributed by atoms with Gasteiger partial charge in [0.05, 0.1) is 5.56 Å². The van der Waals surface area contributed by atoms with E-state index in [1.165, 1.54) is 6.07 Å². The van der Waals surface area contributed by atoms with Gasteiger partial charge in [-0.15, -0.1) is 0 Å². The molecule has 3 aromatic carbocycles. The number of alkyl halides is 3. The number of carbonyl (C=O) groups is 1. The Hall–Kier alpha value is -3.26. The molecule has 0 atom stereocenters. The molecular weight excluding hydrogens is 453 g/mol. The number of aryl methyl sites for hydroxylation is 1. The summed E-state index contributed by atoms with van der Waals surface area (Å²) in [6.45, 7) is 2.11. The topological polar surface area (TPSA) is 40.5 Å². The minimum absolute atomic E-state index is 0.0346. The van der Waals surface area contributed by atoms with E-state index in [0.29, 0.717) is 16.7 Å². The van der Waals surface area contributed by atoms with E-state index in [9.17, 15) is 31.9 Å². The largest absolute Gasteiger partial charge is 0.478 e. The van der Waals surface area contributed by atoms with Crippen molar-refractivity contribution >= 4 is 5.97 Å². The summed E-state index contributed by atoms with van der Waals surface area (Å²) in [5, 5.41) is 9.64. The summed E-state index contributed by atoms with van der Waals surface area (Å²) in [7, 11) is 0. The van der Waals surface area contributed by atoms with Gasteiger partial charge in [-0.25, -0.2) is 13.6 Å². The molecule has 0 heterocycles. The maximum Gasteiger partial charge on any atom is 0.389 e. The number of benzene rings is 3. The summed E-state index contributed by atoms with van der Waals surface area (Å²) in [4.78, 5) is 13.5. The van der Waals surface area contributed by atoms with Crippen LogP contribution in [0.3, 0.4) is 0 Å². The second kappa shape index (κ2) is 10.8. The van der Waals surface area contributed by atoms with E-state index in [0.717, 1.165) is 29.3 Å². The molecule has 0 radical (unpaired) electrons. The number of hydrogen-bond acceptors (Lipinski definition) is 2. The molecule has 0 aliphatic carbocycles. The number of rotatable bonds is 9. The minimum atomic E-state index is -4.31. The molecule has 0 unspecified atom stereocenters. The highest BCUT2D eigenvalue weighted by molar-refractivity contribution is 5.96. The van der Waals surface area contributed by atoms with Crippen LogP contribution in [0.4, 0.5) is 22.0 Å². The van der Waals surface area contributed by atoms with Crippen LogP contribution in [0.1, 0.15) is 39.9 Å². The fourth-order valence-electron chi connectivity index (χ4n) is 3.91. The molecule has 8 heteroatoms. The highest BCUT2D eigenvalue weighted by atomic mass is 19.4. The van der Waals surface area contributed by atoms with Gasteiger partial charge in [0.1, 0.15) is 11.6 Å². The molecule has 3 nitrogen and oxygen atoms in total. The van der Waals surface area contributed by atoms with Gasteiger partial charge in [0.2, 0.25) is 0 Å². The lowest BCUT2D eigenvalue weighted by Gasteiger charge is -2.24. The average Bonchev–Trinajstić information content (AvgIpc) is 2.72. The van der Waals surface area contributed by atoms with Gasteiger partial charge in [0.15, 0.2) is 0 Å². The molecule has 0 aliphatic rings. The van der Waals surface area contributed by atoms with Crippen molar-refractivity contribution in [1.29, 1.82) is 0 Å². The normalized spacial score (nSPS) is 11.7. The summed E-state index contributed by atoms with van der Waals surface area (Å²) in [6, 6.07) is 15.1. The molecule has 34 heavy (non-hydrogen) atoms. The number of aromatic carboxylic acids is 1. The molecule has 0 bridgehead atoms. The van der Waals surface area contributed by atoms with Gasteiger partial charge in [-0.1, -0.05) is 30.3 Å². The highest BCUT2D eigenvalue weighted by Crippen LogP contribution is 2.29. The lowest BCUT2D eigenvalue weighted by Crippen LogP contribution is -2.25. The lowest BCUT2D eigenvalue weighted by atomic mass is 9.94. The van der Waals surface area contributed by atoms with Gasteiger partial charge >= 0.3 is 12.1 Å². The summed E-state index contributed by atoms with van der Waals surface area (Å²) in [5.41, 5.74) is 3.18. The third kappa shape index (κ3) is 7.12. The third-order valence-electron chi connectivity index (χ3n) is 5.42. The Kier molecular flexibility index (Phi) is 8.04. The number of halogens is 5. The average molecular weight is 477 g/mol. The molecule has 180 valence electrons.